The van der Waals surface area contributed by atoms with Crippen molar-refractivity contribution in [1.82, 2.24) is 20.6 Å². The minimum Gasteiger partial charge on any atom is -0.480 e. The van der Waals surface area contributed by atoms with Crippen LogP contribution in [0.2, 0.25) is 0 Å². The summed E-state index contributed by atoms with van der Waals surface area (Å²) in [5.41, 5.74) is 6.40. The van der Waals surface area contributed by atoms with E-state index in [0.29, 0.717) is 12.1 Å². The number of nitrogens with zero attached hydrogens (tertiary/aromatic N) is 1. The van der Waals surface area contributed by atoms with Gasteiger partial charge in [-0.25, -0.2) is 9.78 Å². The van der Waals surface area contributed by atoms with Gasteiger partial charge in [-0.05, 0) is 12.3 Å². The predicted octanol–water partition coefficient (Wildman–Crippen LogP) is -1.63. The van der Waals surface area contributed by atoms with Crippen LogP contribution in [0.3, 0.4) is 0 Å². The molecule has 140 valence electrons. The molecule has 0 spiro atoms. The van der Waals surface area contributed by atoms with Gasteiger partial charge >= 0.3 is 5.97 Å². The van der Waals surface area contributed by atoms with Crippen molar-refractivity contribution in [1.29, 1.82) is 0 Å². The average molecular weight is 355 g/mol. The fourth-order valence-electron chi connectivity index (χ4n) is 2.18. The van der Waals surface area contributed by atoms with Crippen LogP contribution in [0.4, 0.5) is 0 Å². The lowest BCUT2D eigenvalue weighted by Crippen LogP contribution is -2.56. The second-order valence-electron chi connectivity index (χ2n) is 6.16. The van der Waals surface area contributed by atoms with Gasteiger partial charge in [0.2, 0.25) is 11.8 Å². The number of carbonyl (C=O) groups is 3. The highest BCUT2D eigenvalue weighted by Gasteiger charge is 2.28. The largest absolute Gasteiger partial charge is 0.480 e. The molecule has 0 bridgehead atoms. The Morgan fingerprint density at radius 3 is 2.36 bits per heavy atom. The Kier molecular flexibility index (Phi) is 8.02. The summed E-state index contributed by atoms with van der Waals surface area (Å²) in [6, 6.07) is -3.30. The van der Waals surface area contributed by atoms with Crippen LogP contribution in [0.5, 0.6) is 0 Å². The van der Waals surface area contributed by atoms with Gasteiger partial charge in [0.15, 0.2) is 0 Å². The Labute approximate surface area is 145 Å². The van der Waals surface area contributed by atoms with E-state index in [9.17, 15) is 14.4 Å². The summed E-state index contributed by atoms with van der Waals surface area (Å²) in [7, 11) is 0. The second kappa shape index (κ2) is 9.74. The van der Waals surface area contributed by atoms with Crippen LogP contribution >= 0.6 is 0 Å². The third-order valence-corrected chi connectivity index (χ3v) is 3.47. The molecule has 1 rings (SSSR count). The molecule has 0 aliphatic heterocycles. The Hall–Kier alpha value is -2.46. The maximum atomic E-state index is 12.3. The van der Waals surface area contributed by atoms with E-state index >= 15 is 0 Å². The lowest BCUT2D eigenvalue weighted by atomic mass is 10.0. The van der Waals surface area contributed by atoms with E-state index in [1.807, 2.05) is 13.8 Å². The molecule has 7 N–H and O–H groups in total. The zero-order chi connectivity index (χ0) is 19.0. The van der Waals surface area contributed by atoms with Crippen molar-refractivity contribution in [2.24, 2.45) is 11.7 Å². The van der Waals surface area contributed by atoms with Crippen molar-refractivity contribution < 1.29 is 24.6 Å². The molecule has 0 saturated heterocycles. The van der Waals surface area contributed by atoms with E-state index in [0.717, 1.165) is 0 Å². The minimum atomic E-state index is -1.46. The number of aliphatic carboxylic acids is 1. The first-order valence-corrected chi connectivity index (χ1v) is 7.91. The number of hydrogen-bond acceptors (Lipinski definition) is 6. The number of carboxylic acids is 1. The predicted molar refractivity (Wildman–Crippen MR) is 88.3 cm³/mol. The summed E-state index contributed by atoms with van der Waals surface area (Å²) >= 11 is 0. The molecule has 3 atom stereocenters. The number of H-pyrrole nitrogens is 1. The molecule has 0 fully saturated rings. The molecule has 0 radical (unpaired) electrons. The lowest BCUT2D eigenvalue weighted by molar-refractivity contribution is -0.143. The molecule has 10 nitrogen and oxygen atoms in total. The van der Waals surface area contributed by atoms with E-state index in [1.54, 1.807) is 0 Å². The lowest BCUT2D eigenvalue weighted by Gasteiger charge is -2.22. The van der Waals surface area contributed by atoms with Crippen molar-refractivity contribution in [3.63, 3.8) is 0 Å². The summed E-state index contributed by atoms with van der Waals surface area (Å²) in [5, 5.41) is 22.7. The quantitative estimate of drug-likeness (QED) is 0.292. The normalized spacial score (nSPS) is 14.6. The average Bonchev–Trinajstić information content (AvgIpc) is 3.03. The van der Waals surface area contributed by atoms with Crippen molar-refractivity contribution in [3.05, 3.63) is 18.2 Å². The SMILES string of the molecule is CC(C)CC(N)C(=O)NC(Cc1cnc[nH]1)C(=O)NC(CO)C(=O)O. The molecule has 2 amide bonds. The third-order valence-electron chi connectivity index (χ3n) is 3.47. The van der Waals surface area contributed by atoms with Gasteiger partial charge in [-0.15, -0.1) is 0 Å². The number of hydrogen-bond donors (Lipinski definition) is 6. The number of aliphatic hydroxyl groups is 1. The smallest absolute Gasteiger partial charge is 0.328 e. The van der Waals surface area contributed by atoms with Crippen LogP contribution in [0, 0.1) is 5.92 Å². The summed E-state index contributed by atoms with van der Waals surface area (Å²) in [5.74, 6) is -2.42. The van der Waals surface area contributed by atoms with E-state index < -0.39 is 42.5 Å². The van der Waals surface area contributed by atoms with Crippen molar-refractivity contribution >= 4 is 17.8 Å². The van der Waals surface area contributed by atoms with Crippen LogP contribution in [-0.4, -0.2) is 62.7 Å². The Bertz CT molecular complexity index is 575. The van der Waals surface area contributed by atoms with Gasteiger partial charge in [0.1, 0.15) is 12.1 Å². The summed E-state index contributed by atoms with van der Waals surface area (Å²) in [6.45, 7) is 3.07. The van der Waals surface area contributed by atoms with Crippen LogP contribution < -0.4 is 16.4 Å². The van der Waals surface area contributed by atoms with E-state index in [-0.39, 0.29) is 12.3 Å². The number of carbonyl (C=O) groups excluding carboxylic acids is 2. The van der Waals surface area contributed by atoms with E-state index in [1.165, 1.54) is 12.5 Å². The first-order chi connectivity index (χ1) is 11.7. The van der Waals surface area contributed by atoms with Gasteiger partial charge in [0, 0.05) is 18.3 Å². The van der Waals surface area contributed by atoms with Crippen LogP contribution in [-0.2, 0) is 20.8 Å². The van der Waals surface area contributed by atoms with Gasteiger partial charge < -0.3 is 31.6 Å². The molecule has 1 aromatic rings. The molecule has 3 unspecified atom stereocenters. The number of aromatic nitrogens is 2. The molecule has 0 aromatic carbocycles. The fraction of sp³-hybridized carbons (Fsp3) is 0.600. The second-order valence-corrected chi connectivity index (χ2v) is 6.16. The number of aromatic amines is 1. The van der Waals surface area contributed by atoms with Crippen LogP contribution in [0.1, 0.15) is 26.0 Å². The first kappa shape index (κ1) is 20.6. The fourth-order valence-corrected chi connectivity index (χ4v) is 2.18. The number of nitrogens with two attached hydrogens (primary N) is 1. The maximum absolute atomic E-state index is 12.3. The molecule has 1 aromatic heterocycles. The number of aliphatic hydroxyl groups excluding tert-OH is 1. The zero-order valence-electron chi connectivity index (χ0n) is 14.2. The number of amides is 2. The zero-order valence-corrected chi connectivity index (χ0v) is 14.2. The number of rotatable bonds is 10. The first-order valence-electron chi connectivity index (χ1n) is 7.91. The van der Waals surface area contributed by atoms with Gasteiger partial charge in [-0.3, -0.25) is 9.59 Å². The molecule has 25 heavy (non-hydrogen) atoms. The maximum Gasteiger partial charge on any atom is 0.328 e. The highest BCUT2D eigenvalue weighted by atomic mass is 16.4. The van der Waals surface area contributed by atoms with Crippen molar-refractivity contribution in [2.75, 3.05) is 6.61 Å². The Morgan fingerprint density at radius 2 is 1.88 bits per heavy atom. The summed E-state index contributed by atoms with van der Waals surface area (Å²) in [4.78, 5) is 42.2. The highest BCUT2D eigenvalue weighted by Crippen LogP contribution is 2.05. The monoisotopic (exact) mass is 355 g/mol. The van der Waals surface area contributed by atoms with Crippen molar-refractivity contribution in [3.8, 4) is 0 Å². The molecule has 0 aliphatic rings. The molecule has 0 aliphatic carbocycles. The van der Waals surface area contributed by atoms with E-state index in [2.05, 4.69) is 20.6 Å². The molecule has 1 heterocycles. The summed E-state index contributed by atoms with van der Waals surface area (Å²) in [6.07, 6.45) is 3.42. The van der Waals surface area contributed by atoms with Gasteiger partial charge in [0.25, 0.3) is 0 Å². The Morgan fingerprint density at radius 1 is 1.24 bits per heavy atom. The standard InChI is InChI=1S/C15H25N5O5/c1-8(2)3-10(16)13(22)19-11(4-9-5-17-7-18-9)14(23)20-12(6-21)15(24)25/h5,7-8,10-12,21H,3-4,6,16H2,1-2H3,(H,17,18)(H,19,22)(H,20,23)(H,24,25). The van der Waals surface area contributed by atoms with Crippen molar-refractivity contribution in [2.45, 2.75) is 44.8 Å². The minimum absolute atomic E-state index is 0.0732. The summed E-state index contributed by atoms with van der Waals surface area (Å²) < 4.78 is 0. The van der Waals surface area contributed by atoms with Gasteiger partial charge in [-0.1, -0.05) is 13.8 Å². The van der Waals surface area contributed by atoms with Crippen LogP contribution in [0.25, 0.3) is 0 Å². The number of carboxylic acid groups (broad SMARTS) is 1. The number of imidazole rings is 1. The molecule has 0 saturated carbocycles. The van der Waals surface area contributed by atoms with Crippen LogP contribution in [0.15, 0.2) is 12.5 Å². The topological polar surface area (TPSA) is 170 Å². The van der Waals surface area contributed by atoms with E-state index in [4.69, 9.17) is 15.9 Å². The Balaban J connectivity index is 2.83. The third kappa shape index (κ3) is 6.89. The molecular formula is C15H25N5O5. The number of nitrogens with one attached hydrogen (secondary N) is 3. The molecule has 10 heteroatoms. The highest BCUT2D eigenvalue weighted by molar-refractivity contribution is 5.91. The van der Waals surface area contributed by atoms with Gasteiger partial charge in [0.05, 0.1) is 19.0 Å². The molecular weight excluding hydrogens is 330 g/mol. The van der Waals surface area contributed by atoms with Gasteiger partial charge in [-0.2, -0.15) is 0 Å².